The lowest BCUT2D eigenvalue weighted by atomic mass is 10.2. The Labute approximate surface area is 103 Å². The van der Waals surface area contributed by atoms with Crippen molar-refractivity contribution in [3.63, 3.8) is 0 Å². The molecule has 0 fully saturated rings. The summed E-state index contributed by atoms with van der Waals surface area (Å²) in [6.45, 7) is 2.07. The maximum Gasteiger partial charge on any atom is 0.231 e. The number of fused-ring (bicyclic) bond motifs is 1. The van der Waals surface area contributed by atoms with E-state index in [1.165, 1.54) is 0 Å². The van der Waals surface area contributed by atoms with Crippen molar-refractivity contribution >= 4 is 15.9 Å². The summed E-state index contributed by atoms with van der Waals surface area (Å²) in [7, 11) is 0. The van der Waals surface area contributed by atoms with Gasteiger partial charge in [0.05, 0.1) is 4.47 Å². The van der Waals surface area contributed by atoms with Crippen LogP contribution in [0.2, 0.25) is 0 Å². The van der Waals surface area contributed by atoms with E-state index >= 15 is 0 Å². The van der Waals surface area contributed by atoms with Gasteiger partial charge in [0.2, 0.25) is 6.79 Å². The molecule has 1 aliphatic heterocycles. The van der Waals surface area contributed by atoms with E-state index in [9.17, 15) is 0 Å². The minimum Gasteiger partial charge on any atom is -0.454 e. The van der Waals surface area contributed by atoms with Crippen molar-refractivity contribution in [2.75, 3.05) is 19.9 Å². The number of aliphatic hydroxyl groups excluding tert-OH is 1. The van der Waals surface area contributed by atoms with Gasteiger partial charge in [0.25, 0.3) is 0 Å². The van der Waals surface area contributed by atoms with E-state index in [4.69, 9.17) is 14.6 Å². The van der Waals surface area contributed by atoms with Crippen molar-refractivity contribution in [1.29, 1.82) is 0 Å². The van der Waals surface area contributed by atoms with Gasteiger partial charge in [0.1, 0.15) is 0 Å². The van der Waals surface area contributed by atoms with Crippen molar-refractivity contribution in [2.24, 2.45) is 0 Å². The molecule has 4 nitrogen and oxygen atoms in total. The highest BCUT2D eigenvalue weighted by Crippen LogP contribution is 2.39. The predicted octanol–water partition coefficient (Wildman–Crippen LogP) is 1.65. The van der Waals surface area contributed by atoms with Gasteiger partial charge < -0.3 is 19.9 Å². The first kappa shape index (κ1) is 11.7. The molecule has 5 heteroatoms. The fourth-order valence-corrected chi connectivity index (χ4v) is 2.16. The molecule has 16 heavy (non-hydrogen) atoms. The zero-order valence-electron chi connectivity index (χ0n) is 8.83. The molecule has 1 aromatic rings. The third-order valence-electron chi connectivity index (χ3n) is 2.33. The first-order valence-electron chi connectivity index (χ1n) is 5.21. The lowest BCUT2D eigenvalue weighted by Gasteiger charge is -2.06. The van der Waals surface area contributed by atoms with Crippen LogP contribution in [0.5, 0.6) is 11.5 Å². The second-order valence-corrected chi connectivity index (χ2v) is 4.42. The van der Waals surface area contributed by atoms with Crippen LogP contribution in [0.3, 0.4) is 0 Å². The van der Waals surface area contributed by atoms with E-state index in [-0.39, 0.29) is 13.4 Å². The highest BCUT2D eigenvalue weighted by atomic mass is 79.9. The van der Waals surface area contributed by atoms with Crippen LogP contribution in [0.15, 0.2) is 16.6 Å². The minimum atomic E-state index is 0.220. The number of benzene rings is 1. The van der Waals surface area contributed by atoms with Crippen LogP contribution in [0.1, 0.15) is 12.0 Å². The molecule has 1 aromatic carbocycles. The first-order chi connectivity index (χ1) is 7.81. The SMILES string of the molecule is OCCCNCc1cc(Br)c2c(c1)OCO2. The van der Waals surface area contributed by atoms with E-state index in [2.05, 4.69) is 21.2 Å². The van der Waals surface area contributed by atoms with Crippen molar-refractivity contribution in [3.8, 4) is 11.5 Å². The van der Waals surface area contributed by atoms with E-state index in [0.717, 1.165) is 41.0 Å². The average molecular weight is 288 g/mol. The standard InChI is InChI=1S/C11H14BrNO3/c12-9-4-8(6-13-2-1-3-14)5-10-11(9)16-7-15-10/h4-5,13-14H,1-3,6-7H2. The van der Waals surface area contributed by atoms with Gasteiger partial charge in [-0.25, -0.2) is 0 Å². The summed E-state index contributed by atoms with van der Waals surface area (Å²) in [6.07, 6.45) is 0.770. The Morgan fingerprint density at radius 3 is 3.06 bits per heavy atom. The molecule has 2 rings (SSSR count). The Balaban J connectivity index is 1.97. The Kier molecular flexibility index (Phi) is 4.04. The number of rotatable bonds is 5. The zero-order valence-corrected chi connectivity index (χ0v) is 10.4. The summed E-state index contributed by atoms with van der Waals surface area (Å²) in [5.41, 5.74) is 1.13. The summed E-state index contributed by atoms with van der Waals surface area (Å²) in [5, 5.41) is 11.9. The lowest BCUT2D eigenvalue weighted by molar-refractivity contribution is 0.173. The summed E-state index contributed by atoms with van der Waals surface area (Å²) in [4.78, 5) is 0. The van der Waals surface area contributed by atoms with Gasteiger partial charge >= 0.3 is 0 Å². The topological polar surface area (TPSA) is 50.7 Å². The van der Waals surface area contributed by atoms with E-state index < -0.39 is 0 Å². The summed E-state index contributed by atoms with van der Waals surface area (Å²) in [5.74, 6) is 1.56. The molecule has 0 spiro atoms. The monoisotopic (exact) mass is 287 g/mol. The van der Waals surface area contributed by atoms with Crippen LogP contribution in [0.25, 0.3) is 0 Å². The molecule has 0 atom stereocenters. The third kappa shape index (κ3) is 2.66. The lowest BCUT2D eigenvalue weighted by Crippen LogP contribution is -2.15. The molecule has 2 N–H and O–H groups in total. The van der Waals surface area contributed by atoms with Crippen LogP contribution >= 0.6 is 15.9 Å². The van der Waals surface area contributed by atoms with Crippen molar-refractivity contribution in [1.82, 2.24) is 5.32 Å². The highest BCUT2D eigenvalue weighted by Gasteiger charge is 2.17. The molecule has 0 radical (unpaired) electrons. The van der Waals surface area contributed by atoms with Gasteiger partial charge in [-0.15, -0.1) is 0 Å². The quantitative estimate of drug-likeness (QED) is 0.809. The van der Waals surface area contributed by atoms with Gasteiger partial charge in [0.15, 0.2) is 11.5 Å². The zero-order chi connectivity index (χ0) is 11.4. The maximum atomic E-state index is 8.65. The molecular weight excluding hydrogens is 274 g/mol. The van der Waals surface area contributed by atoms with Gasteiger partial charge in [-0.05, 0) is 46.6 Å². The number of ether oxygens (including phenoxy) is 2. The summed E-state index contributed by atoms with van der Waals surface area (Å²) in [6, 6.07) is 3.98. The Morgan fingerprint density at radius 2 is 2.25 bits per heavy atom. The fourth-order valence-electron chi connectivity index (χ4n) is 1.56. The van der Waals surface area contributed by atoms with Crippen LogP contribution in [-0.2, 0) is 6.54 Å². The molecule has 0 bridgehead atoms. The van der Waals surface area contributed by atoms with Crippen LogP contribution in [0.4, 0.5) is 0 Å². The number of halogens is 1. The Morgan fingerprint density at radius 1 is 1.38 bits per heavy atom. The summed E-state index contributed by atoms with van der Waals surface area (Å²) < 4.78 is 11.6. The molecule has 0 aromatic heterocycles. The van der Waals surface area contributed by atoms with E-state index in [1.807, 2.05) is 12.1 Å². The molecule has 0 aliphatic carbocycles. The van der Waals surface area contributed by atoms with Gasteiger partial charge in [-0.1, -0.05) is 0 Å². The molecule has 0 saturated carbocycles. The normalized spacial score (nSPS) is 13.1. The van der Waals surface area contributed by atoms with Crippen molar-refractivity contribution in [2.45, 2.75) is 13.0 Å². The van der Waals surface area contributed by atoms with Crippen molar-refractivity contribution < 1.29 is 14.6 Å². The van der Waals surface area contributed by atoms with Crippen LogP contribution in [-0.4, -0.2) is 25.1 Å². The molecule has 0 amide bonds. The third-order valence-corrected chi connectivity index (χ3v) is 2.92. The number of hydrogen-bond acceptors (Lipinski definition) is 4. The first-order valence-corrected chi connectivity index (χ1v) is 6.00. The highest BCUT2D eigenvalue weighted by molar-refractivity contribution is 9.10. The molecule has 0 unspecified atom stereocenters. The maximum absolute atomic E-state index is 8.65. The second-order valence-electron chi connectivity index (χ2n) is 3.57. The van der Waals surface area contributed by atoms with Crippen molar-refractivity contribution in [3.05, 3.63) is 22.2 Å². The number of aliphatic hydroxyl groups is 1. The largest absolute Gasteiger partial charge is 0.454 e. The Hall–Kier alpha value is -0.780. The number of nitrogens with one attached hydrogen (secondary N) is 1. The Bertz CT molecular complexity index is 370. The fraction of sp³-hybridized carbons (Fsp3) is 0.455. The predicted molar refractivity (Wildman–Crippen MR) is 63.7 cm³/mol. The van der Waals surface area contributed by atoms with Gasteiger partial charge in [-0.3, -0.25) is 0 Å². The van der Waals surface area contributed by atoms with Crippen LogP contribution < -0.4 is 14.8 Å². The molecule has 1 heterocycles. The summed E-state index contributed by atoms with van der Waals surface area (Å²) >= 11 is 3.45. The van der Waals surface area contributed by atoms with Gasteiger partial charge in [-0.2, -0.15) is 0 Å². The smallest absolute Gasteiger partial charge is 0.231 e. The average Bonchev–Trinajstić information content (AvgIpc) is 2.73. The number of hydrogen-bond donors (Lipinski definition) is 2. The molecule has 88 valence electrons. The van der Waals surface area contributed by atoms with Crippen LogP contribution in [0, 0.1) is 0 Å². The molecular formula is C11H14BrNO3. The molecule has 0 saturated heterocycles. The minimum absolute atomic E-state index is 0.220. The second kappa shape index (κ2) is 5.52. The van der Waals surface area contributed by atoms with Gasteiger partial charge in [0, 0.05) is 13.2 Å². The van der Waals surface area contributed by atoms with E-state index in [1.54, 1.807) is 0 Å². The van der Waals surface area contributed by atoms with E-state index in [0.29, 0.717) is 0 Å². The molecule has 1 aliphatic rings.